The first-order valence-electron chi connectivity index (χ1n) is 4.79. The van der Waals surface area contributed by atoms with E-state index in [4.69, 9.17) is 5.14 Å². The van der Waals surface area contributed by atoms with Gasteiger partial charge >= 0.3 is 0 Å². The number of benzene rings is 1. The Morgan fingerprint density at radius 1 is 1.33 bits per heavy atom. The van der Waals surface area contributed by atoms with E-state index in [0.717, 1.165) is 9.86 Å². The topological polar surface area (TPSA) is 38.9 Å². The predicted octanol–water partition coefficient (Wildman–Crippen LogP) is 3.56. The number of aromatic nitrogens is 1. The van der Waals surface area contributed by atoms with Crippen LogP contribution in [0.15, 0.2) is 22.5 Å². The molecule has 15 heavy (non-hydrogen) atoms. The monoisotopic (exact) mass is 238 g/mol. The lowest BCUT2D eigenvalue weighted by Gasteiger charge is -2.19. The van der Waals surface area contributed by atoms with Crippen molar-refractivity contribution in [1.29, 1.82) is 0 Å². The van der Waals surface area contributed by atoms with Crippen molar-refractivity contribution in [2.45, 2.75) is 30.5 Å². The second-order valence-electron chi connectivity index (χ2n) is 4.50. The van der Waals surface area contributed by atoms with Crippen molar-refractivity contribution >= 4 is 33.5 Å². The van der Waals surface area contributed by atoms with Crippen LogP contribution in [0.25, 0.3) is 10.2 Å². The van der Waals surface area contributed by atoms with Crippen LogP contribution in [0.5, 0.6) is 0 Å². The highest BCUT2D eigenvalue weighted by Gasteiger charge is 2.18. The van der Waals surface area contributed by atoms with Gasteiger partial charge in [-0.05, 0) is 29.0 Å². The molecule has 0 spiro atoms. The Balaban J connectivity index is 2.70. The van der Waals surface area contributed by atoms with E-state index in [0.29, 0.717) is 0 Å². The molecule has 0 unspecified atom stereocenters. The summed E-state index contributed by atoms with van der Waals surface area (Å²) in [7, 11) is 0. The Bertz CT molecular complexity index is 483. The van der Waals surface area contributed by atoms with Gasteiger partial charge in [0, 0.05) is 0 Å². The molecule has 2 aromatic rings. The third kappa shape index (κ3) is 2.02. The van der Waals surface area contributed by atoms with Gasteiger partial charge < -0.3 is 0 Å². The van der Waals surface area contributed by atoms with Gasteiger partial charge in [-0.1, -0.05) is 32.9 Å². The van der Waals surface area contributed by atoms with E-state index >= 15 is 0 Å². The average molecular weight is 238 g/mol. The summed E-state index contributed by atoms with van der Waals surface area (Å²) in [6.45, 7) is 6.61. The fraction of sp³-hybridized carbons (Fsp3) is 0.364. The molecular formula is C11H14N2S2. The first-order valence-corrected chi connectivity index (χ1v) is 6.49. The standard InChI is InChI=1S/C11H14N2S2/c1-11(2,3)7-5-4-6-8-9(7)13-10(14-8)15-12/h4-6H,12H2,1-3H3. The molecule has 0 aliphatic rings. The number of nitrogens with zero attached hydrogens (tertiary/aromatic N) is 1. The lowest BCUT2D eigenvalue weighted by molar-refractivity contribution is 0.594. The molecule has 0 radical (unpaired) electrons. The van der Waals surface area contributed by atoms with Gasteiger partial charge in [-0.25, -0.2) is 4.98 Å². The summed E-state index contributed by atoms with van der Waals surface area (Å²) in [6, 6.07) is 6.33. The number of rotatable bonds is 1. The maximum atomic E-state index is 5.54. The molecule has 2 rings (SSSR count). The summed E-state index contributed by atoms with van der Waals surface area (Å²) in [5, 5.41) is 5.54. The summed E-state index contributed by atoms with van der Waals surface area (Å²) in [5.41, 5.74) is 2.52. The molecular weight excluding hydrogens is 224 g/mol. The number of thiazole rings is 1. The third-order valence-electron chi connectivity index (χ3n) is 2.31. The minimum atomic E-state index is 0.129. The van der Waals surface area contributed by atoms with Crippen molar-refractivity contribution in [3.8, 4) is 0 Å². The zero-order valence-corrected chi connectivity index (χ0v) is 10.7. The molecule has 4 heteroatoms. The summed E-state index contributed by atoms with van der Waals surface area (Å²) in [6.07, 6.45) is 0. The molecule has 0 aliphatic carbocycles. The van der Waals surface area contributed by atoms with Gasteiger partial charge in [0.05, 0.1) is 10.2 Å². The molecule has 0 amide bonds. The predicted molar refractivity (Wildman–Crippen MR) is 68.4 cm³/mol. The highest BCUT2D eigenvalue weighted by molar-refractivity contribution is 7.99. The Kier molecular flexibility index (Phi) is 2.75. The molecule has 1 aromatic heterocycles. The molecule has 2 nitrogen and oxygen atoms in total. The summed E-state index contributed by atoms with van der Waals surface area (Å²) < 4.78 is 2.15. The van der Waals surface area contributed by atoms with Gasteiger partial charge in [0.2, 0.25) is 0 Å². The van der Waals surface area contributed by atoms with Crippen LogP contribution in [0.1, 0.15) is 26.3 Å². The van der Waals surface area contributed by atoms with Gasteiger partial charge in [0.1, 0.15) is 0 Å². The minimum absolute atomic E-state index is 0.129. The normalized spacial score (nSPS) is 12.3. The molecule has 0 aliphatic heterocycles. The summed E-state index contributed by atoms with van der Waals surface area (Å²) in [5.74, 6) is 0. The highest BCUT2D eigenvalue weighted by Crippen LogP contribution is 2.34. The molecule has 0 saturated heterocycles. The highest BCUT2D eigenvalue weighted by atomic mass is 32.2. The lowest BCUT2D eigenvalue weighted by atomic mass is 9.86. The minimum Gasteiger partial charge on any atom is -0.272 e. The smallest absolute Gasteiger partial charge is 0.165 e. The van der Waals surface area contributed by atoms with Crippen molar-refractivity contribution in [1.82, 2.24) is 4.98 Å². The van der Waals surface area contributed by atoms with Crippen LogP contribution in [-0.2, 0) is 5.41 Å². The largest absolute Gasteiger partial charge is 0.272 e. The van der Waals surface area contributed by atoms with Crippen molar-refractivity contribution < 1.29 is 0 Å². The van der Waals surface area contributed by atoms with E-state index in [1.54, 1.807) is 11.3 Å². The van der Waals surface area contributed by atoms with Gasteiger partial charge in [-0.15, -0.1) is 11.3 Å². The first-order chi connectivity index (χ1) is 7.02. The van der Waals surface area contributed by atoms with Crippen LogP contribution < -0.4 is 5.14 Å². The van der Waals surface area contributed by atoms with Crippen molar-refractivity contribution in [2.75, 3.05) is 0 Å². The van der Waals surface area contributed by atoms with Crippen LogP contribution in [-0.4, -0.2) is 4.98 Å². The number of fused-ring (bicyclic) bond motifs is 1. The molecule has 2 N–H and O–H groups in total. The van der Waals surface area contributed by atoms with E-state index in [1.165, 1.54) is 22.2 Å². The van der Waals surface area contributed by atoms with E-state index < -0.39 is 0 Å². The Morgan fingerprint density at radius 3 is 2.67 bits per heavy atom. The molecule has 80 valence electrons. The van der Waals surface area contributed by atoms with E-state index in [2.05, 4.69) is 44.0 Å². The Hall–Kier alpha value is -0.580. The summed E-state index contributed by atoms with van der Waals surface area (Å²) in [4.78, 5) is 4.55. The Morgan fingerprint density at radius 2 is 2.07 bits per heavy atom. The Labute approximate surface area is 98.0 Å². The molecule has 0 bridgehead atoms. The van der Waals surface area contributed by atoms with Crippen LogP contribution >= 0.6 is 23.3 Å². The SMILES string of the molecule is CC(C)(C)c1cccc2sc(SN)nc12. The molecule has 0 atom stereocenters. The van der Waals surface area contributed by atoms with E-state index in [-0.39, 0.29) is 5.41 Å². The van der Waals surface area contributed by atoms with E-state index in [9.17, 15) is 0 Å². The quantitative estimate of drug-likeness (QED) is 0.772. The molecule has 1 aromatic carbocycles. The van der Waals surface area contributed by atoms with Crippen molar-refractivity contribution in [2.24, 2.45) is 5.14 Å². The molecule has 1 heterocycles. The van der Waals surface area contributed by atoms with Gasteiger partial charge in [-0.3, -0.25) is 5.14 Å². The summed E-state index contributed by atoms with van der Waals surface area (Å²) >= 11 is 2.88. The van der Waals surface area contributed by atoms with Crippen LogP contribution in [0, 0.1) is 0 Å². The van der Waals surface area contributed by atoms with Crippen molar-refractivity contribution in [3.63, 3.8) is 0 Å². The maximum Gasteiger partial charge on any atom is 0.165 e. The fourth-order valence-corrected chi connectivity index (χ4v) is 2.91. The van der Waals surface area contributed by atoms with Gasteiger partial charge in [-0.2, -0.15) is 0 Å². The number of para-hydroxylation sites is 1. The maximum absolute atomic E-state index is 5.54. The van der Waals surface area contributed by atoms with Crippen molar-refractivity contribution in [3.05, 3.63) is 23.8 Å². The second kappa shape index (κ2) is 3.77. The lowest BCUT2D eigenvalue weighted by Crippen LogP contribution is -2.11. The van der Waals surface area contributed by atoms with Crippen LogP contribution in [0.4, 0.5) is 0 Å². The van der Waals surface area contributed by atoms with E-state index in [1.807, 2.05) is 0 Å². The number of hydrogen-bond donors (Lipinski definition) is 1. The number of nitrogens with two attached hydrogens (primary N) is 1. The average Bonchev–Trinajstić information content (AvgIpc) is 2.57. The zero-order valence-electron chi connectivity index (χ0n) is 9.07. The molecule has 0 saturated carbocycles. The second-order valence-corrected chi connectivity index (χ2v) is 6.41. The van der Waals surface area contributed by atoms with Gasteiger partial charge in [0.15, 0.2) is 4.34 Å². The number of hydrogen-bond acceptors (Lipinski definition) is 4. The third-order valence-corrected chi connectivity index (χ3v) is 3.96. The van der Waals surface area contributed by atoms with Crippen LogP contribution in [0.3, 0.4) is 0 Å². The molecule has 0 fully saturated rings. The fourth-order valence-electron chi connectivity index (χ4n) is 1.58. The first kappa shape index (κ1) is 10.9. The van der Waals surface area contributed by atoms with Crippen LogP contribution in [0.2, 0.25) is 0 Å². The van der Waals surface area contributed by atoms with Gasteiger partial charge in [0.25, 0.3) is 0 Å². The zero-order chi connectivity index (χ0) is 11.1.